The zero-order valence-electron chi connectivity index (χ0n) is 23.2. The van der Waals surface area contributed by atoms with E-state index in [0.717, 1.165) is 0 Å². The fourth-order valence-electron chi connectivity index (χ4n) is 5.83. The number of benzene rings is 3. The fourth-order valence-corrected chi connectivity index (χ4v) is 10.2. The second-order valence-electron chi connectivity index (χ2n) is 10.5. The summed E-state index contributed by atoms with van der Waals surface area (Å²) in [5, 5.41) is 4.56. The van der Waals surface area contributed by atoms with Crippen molar-refractivity contribution in [3.63, 3.8) is 0 Å². The van der Waals surface area contributed by atoms with Crippen LogP contribution < -0.4 is 15.9 Å². The Morgan fingerprint density at radius 2 is 0.778 bits per heavy atom. The highest BCUT2D eigenvalue weighted by molar-refractivity contribution is 7.95. The van der Waals surface area contributed by atoms with Crippen LogP contribution in [-0.2, 0) is 0 Å². The summed E-state index contributed by atoms with van der Waals surface area (Å²) in [5.41, 5.74) is 0. The van der Waals surface area contributed by atoms with E-state index in [1.807, 2.05) is 0 Å². The van der Waals surface area contributed by atoms with Crippen molar-refractivity contribution in [3.8, 4) is 0 Å². The van der Waals surface area contributed by atoms with Crippen molar-refractivity contribution >= 4 is 23.2 Å². The van der Waals surface area contributed by atoms with Crippen molar-refractivity contribution in [2.24, 2.45) is 0 Å². The first kappa shape index (κ1) is 28.6. The number of hydrogen-bond acceptors (Lipinski definition) is 0. The lowest BCUT2D eigenvalue weighted by atomic mass is 10.1. The molecule has 0 amide bonds. The van der Waals surface area contributed by atoms with Gasteiger partial charge in [-0.05, 0) is 62.1 Å². The molecule has 0 saturated carbocycles. The summed E-state index contributed by atoms with van der Waals surface area (Å²) in [4.78, 5) is 0. The smallest absolute Gasteiger partial charge is 0.112 e. The van der Waals surface area contributed by atoms with Crippen molar-refractivity contribution in [1.29, 1.82) is 0 Å². The van der Waals surface area contributed by atoms with E-state index < -0.39 is 7.26 Å². The summed E-state index contributed by atoms with van der Waals surface area (Å²) in [7, 11) is -1.71. The molecular weight excluding hydrogens is 453 g/mol. The monoisotopic (exact) mass is 503 g/mol. The molecule has 0 aromatic heterocycles. The number of hydrogen-bond donors (Lipinski definition) is 0. The van der Waals surface area contributed by atoms with Gasteiger partial charge in [-0.15, -0.1) is 0 Å². The molecular formula is C34H50NP+2. The number of unbranched alkanes of at least 4 members (excludes halogenated alkanes) is 4. The normalized spacial score (nSPS) is 12.1. The molecule has 0 spiro atoms. The van der Waals surface area contributed by atoms with Gasteiger partial charge in [0.1, 0.15) is 23.2 Å². The van der Waals surface area contributed by atoms with Crippen LogP contribution in [0.15, 0.2) is 91.0 Å². The average molecular weight is 504 g/mol. The number of rotatable bonds is 17. The molecule has 0 heterocycles. The zero-order chi connectivity index (χ0) is 25.5. The van der Waals surface area contributed by atoms with Crippen molar-refractivity contribution < 1.29 is 4.48 Å². The maximum Gasteiger partial charge on any atom is 0.112 e. The van der Waals surface area contributed by atoms with E-state index in [1.54, 1.807) is 0 Å². The molecule has 2 heteroatoms. The summed E-state index contributed by atoms with van der Waals surface area (Å²) < 4.78 is 1.35. The van der Waals surface area contributed by atoms with E-state index in [4.69, 9.17) is 0 Å². The SMILES string of the molecule is CCCC[N+](CCCC)(CCCC)CCCC[P+](c1ccccc1)(c1ccccc1)c1ccccc1. The third-order valence-corrected chi connectivity index (χ3v) is 12.5. The molecule has 3 aromatic rings. The molecule has 3 rings (SSSR count). The lowest BCUT2D eigenvalue weighted by Crippen LogP contribution is -2.50. The molecule has 36 heavy (non-hydrogen) atoms. The molecule has 0 aliphatic heterocycles. The Morgan fingerprint density at radius 3 is 1.11 bits per heavy atom. The lowest BCUT2D eigenvalue weighted by molar-refractivity contribution is -0.929. The van der Waals surface area contributed by atoms with Gasteiger partial charge < -0.3 is 4.48 Å². The molecule has 0 atom stereocenters. The summed E-state index contributed by atoms with van der Waals surface area (Å²) in [6, 6.07) is 34.2. The van der Waals surface area contributed by atoms with Gasteiger partial charge >= 0.3 is 0 Å². The maximum absolute atomic E-state index is 2.39. The van der Waals surface area contributed by atoms with Crippen LogP contribution in [-0.4, -0.2) is 36.8 Å². The summed E-state index contributed by atoms with van der Waals surface area (Å²) in [5.74, 6) is 0. The minimum absolute atomic E-state index is 1.25. The third-order valence-electron chi connectivity index (χ3n) is 7.92. The van der Waals surface area contributed by atoms with Crippen LogP contribution >= 0.6 is 7.26 Å². The van der Waals surface area contributed by atoms with Crippen molar-refractivity contribution in [2.45, 2.75) is 72.1 Å². The molecule has 0 radical (unpaired) electrons. The topological polar surface area (TPSA) is 0 Å². The Hall–Kier alpha value is -1.95. The van der Waals surface area contributed by atoms with Crippen LogP contribution in [0.1, 0.15) is 72.1 Å². The largest absolute Gasteiger partial charge is 0.324 e. The molecule has 0 unspecified atom stereocenters. The van der Waals surface area contributed by atoms with Crippen LogP contribution in [0.25, 0.3) is 0 Å². The molecule has 194 valence electrons. The minimum Gasteiger partial charge on any atom is -0.324 e. The first-order valence-corrected chi connectivity index (χ1v) is 16.6. The second-order valence-corrected chi connectivity index (χ2v) is 14.2. The Morgan fingerprint density at radius 1 is 0.444 bits per heavy atom. The van der Waals surface area contributed by atoms with Gasteiger partial charge in [-0.3, -0.25) is 0 Å². The lowest BCUT2D eigenvalue weighted by Gasteiger charge is -2.39. The Balaban J connectivity index is 1.89. The number of nitrogens with zero attached hydrogens (tertiary/aromatic N) is 1. The van der Waals surface area contributed by atoms with E-state index in [9.17, 15) is 0 Å². The Kier molecular flexibility index (Phi) is 12.2. The van der Waals surface area contributed by atoms with Gasteiger partial charge in [-0.25, -0.2) is 0 Å². The van der Waals surface area contributed by atoms with Crippen LogP contribution in [0, 0.1) is 0 Å². The highest BCUT2D eigenvalue weighted by Crippen LogP contribution is 2.55. The Labute approximate surface area is 222 Å². The van der Waals surface area contributed by atoms with E-state index in [2.05, 4.69) is 112 Å². The van der Waals surface area contributed by atoms with Gasteiger partial charge in [-0.2, -0.15) is 0 Å². The van der Waals surface area contributed by atoms with E-state index in [1.165, 1.54) is 104 Å². The molecule has 1 nitrogen and oxygen atoms in total. The first-order chi connectivity index (χ1) is 17.7. The second kappa shape index (κ2) is 15.3. The van der Waals surface area contributed by atoms with Gasteiger partial charge in [0.25, 0.3) is 0 Å². The minimum atomic E-state index is -1.71. The van der Waals surface area contributed by atoms with Crippen LogP contribution in [0.3, 0.4) is 0 Å². The predicted octanol–water partition coefficient (Wildman–Crippen LogP) is 7.98. The predicted molar refractivity (Wildman–Crippen MR) is 164 cm³/mol. The zero-order valence-corrected chi connectivity index (χ0v) is 24.1. The summed E-state index contributed by atoms with van der Waals surface area (Å²) in [6.07, 6.45) is 11.9. The fraction of sp³-hybridized carbons (Fsp3) is 0.471. The highest BCUT2D eigenvalue weighted by atomic mass is 31.2. The van der Waals surface area contributed by atoms with Crippen molar-refractivity contribution in [1.82, 2.24) is 0 Å². The van der Waals surface area contributed by atoms with Gasteiger partial charge in [0.05, 0.1) is 32.3 Å². The molecule has 0 aliphatic carbocycles. The summed E-state index contributed by atoms with van der Waals surface area (Å²) in [6.45, 7) is 12.5. The van der Waals surface area contributed by atoms with Crippen LogP contribution in [0.4, 0.5) is 0 Å². The molecule has 0 fully saturated rings. The maximum atomic E-state index is 2.39. The highest BCUT2D eigenvalue weighted by Gasteiger charge is 2.44. The first-order valence-electron chi connectivity index (χ1n) is 14.6. The number of quaternary nitrogens is 1. The quantitative estimate of drug-likeness (QED) is 0.0995. The van der Waals surface area contributed by atoms with E-state index in [0.29, 0.717) is 0 Å². The van der Waals surface area contributed by atoms with Gasteiger partial charge in [-0.1, -0.05) is 94.6 Å². The van der Waals surface area contributed by atoms with Gasteiger partial charge in [0.2, 0.25) is 0 Å². The van der Waals surface area contributed by atoms with Gasteiger partial charge in [0.15, 0.2) is 0 Å². The third kappa shape index (κ3) is 7.53. The van der Waals surface area contributed by atoms with Crippen LogP contribution in [0.5, 0.6) is 0 Å². The molecule has 0 aliphatic rings. The van der Waals surface area contributed by atoms with Crippen molar-refractivity contribution in [3.05, 3.63) is 91.0 Å². The van der Waals surface area contributed by atoms with Gasteiger partial charge in [0, 0.05) is 6.42 Å². The molecule has 3 aromatic carbocycles. The van der Waals surface area contributed by atoms with Crippen molar-refractivity contribution in [2.75, 3.05) is 32.3 Å². The standard InChI is InChI=1S/C34H50NP/c1-4-7-27-35(28-8-5-2,29-9-6-3)30-19-20-31-36(32-21-13-10-14-22-32,33-23-15-11-16-24-33)34-25-17-12-18-26-34/h10-18,21-26H,4-9,19-20,27-31H2,1-3H3/q+2. The average Bonchev–Trinajstić information content (AvgIpc) is 2.95. The summed E-state index contributed by atoms with van der Waals surface area (Å²) >= 11 is 0. The van der Waals surface area contributed by atoms with E-state index >= 15 is 0 Å². The molecule has 0 bridgehead atoms. The van der Waals surface area contributed by atoms with E-state index in [-0.39, 0.29) is 0 Å². The Bertz CT molecular complexity index is 836. The molecule has 0 N–H and O–H groups in total. The van der Waals surface area contributed by atoms with Crippen LogP contribution in [0.2, 0.25) is 0 Å². The molecule has 0 saturated heterocycles.